The number of hydrogen-bond donors (Lipinski definition) is 1. The van der Waals surface area contributed by atoms with E-state index in [2.05, 4.69) is 0 Å². The molecule has 1 aromatic carbocycles. The summed E-state index contributed by atoms with van der Waals surface area (Å²) >= 11 is 6.06. The Morgan fingerprint density at radius 2 is 2.05 bits per heavy atom. The van der Waals surface area contributed by atoms with E-state index in [-0.39, 0.29) is 18.3 Å². The number of para-hydroxylation sites is 1. The van der Waals surface area contributed by atoms with Gasteiger partial charge in [-0.1, -0.05) is 23.7 Å². The largest absolute Gasteiger partial charge is 0.480 e. The van der Waals surface area contributed by atoms with E-state index in [1.807, 2.05) is 6.07 Å². The van der Waals surface area contributed by atoms with Gasteiger partial charge in [0.1, 0.15) is 6.54 Å². The van der Waals surface area contributed by atoms with Crippen molar-refractivity contribution >= 4 is 34.4 Å². The van der Waals surface area contributed by atoms with Crippen LogP contribution >= 0.6 is 11.6 Å². The number of benzene rings is 1. The number of amides is 1. The Hall–Kier alpha value is -2.01. The highest BCUT2D eigenvalue weighted by molar-refractivity contribution is 6.35. The third-order valence-corrected chi connectivity index (χ3v) is 3.60. The number of furan rings is 1. The van der Waals surface area contributed by atoms with E-state index in [0.29, 0.717) is 16.2 Å². The van der Waals surface area contributed by atoms with E-state index in [0.717, 1.165) is 5.39 Å². The molecule has 0 bridgehead atoms. The maximum Gasteiger partial charge on any atom is 0.323 e. The van der Waals surface area contributed by atoms with Crippen LogP contribution in [0.15, 0.2) is 22.6 Å². The van der Waals surface area contributed by atoms with Crippen LogP contribution in [0.5, 0.6) is 0 Å². The second-order valence-electron chi connectivity index (χ2n) is 5.09. The lowest BCUT2D eigenvalue weighted by molar-refractivity contribution is -0.138. The first-order valence-corrected chi connectivity index (χ1v) is 6.91. The first-order valence-electron chi connectivity index (χ1n) is 6.53. The zero-order valence-corrected chi connectivity index (χ0v) is 12.8. The van der Waals surface area contributed by atoms with Crippen molar-refractivity contribution in [2.75, 3.05) is 6.54 Å². The van der Waals surface area contributed by atoms with Crippen molar-refractivity contribution in [3.63, 3.8) is 0 Å². The van der Waals surface area contributed by atoms with Crippen molar-refractivity contribution in [1.82, 2.24) is 4.90 Å². The van der Waals surface area contributed by atoms with E-state index in [9.17, 15) is 9.59 Å². The molecule has 2 aromatic rings. The summed E-state index contributed by atoms with van der Waals surface area (Å²) in [7, 11) is 0. The molecule has 1 amide bonds. The lowest BCUT2D eigenvalue weighted by Gasteiger charge is -2.23. The predicted molar refractivity (Wildman–Crippen MR) is 79.8 cm³/mol. The quantitative estimate of drug-likeness (QED) is 0.940. The standard InChI is InChI=1S/C15H16ClNO4/c1-8(2)17(7-12(18)19)15(20)13-9(3)10-5-4-6-11(16)14(10)21-13/h4-6,8H,7H2,1-3H3,(H,18,19). The third-order valence-electron chi connectivity index (χ3n) is 3.30. The Kier molecular flexibility index (Phi) is 4.23. The molecule has 0 saturated carbocycles. The molecular weight excluding hydrogens is 294 g/mol. The number of carbonyl (C=O) groups excluding carboxylic acids is 1. The van der Waals surface area contributed by atoms with Crippen LogP contribution in [0.4, 0.5) is 0 Å². The number of carbonyl (C=O) groups is 2. The van der Waals surface area contributed by atoms with Gasteiger partial charge in [0, 0.05) is 17.0 Å². The number of aryl methyl sites for hydroxylation is 1. The summed E-state index contributed by atoms with van der Waals surface area (Å²) in [6, 6.07) is 5.02. The number of aliphatic carboxylic acids is 1. The maximum atomic E-state index is 12.5. The minimum Gasteiger partial charge on any atom is -0.480 e. The summed E-state index contributed by atoms with van der Waals surface area (Å²) < 4.78 is 5.59. The molecular formula is C15H16ClNO4. The van der Waals surface area contributed by atoms with Crippen LogP contribution in [0.25, 0.3) is 11.0 Å². The average Bonchev–Trinajstić information content (AvgIpc) is 2.74. The van der Waals surface area contributed by atoms with Gasteiger partial charge in [-0.25, -0.2) is 0 Å². The predicted octanol–water partition coefficient (Wildman–Crippen LogP) is 3.33. The Bertz CT molecular complexity index is 705. The van der Waals surface area contributed by atoms with Crippen molar-refractivity contribution in [2.45, 2.75) is 26.8 Å². The number of carboxylic acids is 1. The van der Waals surface area contributed by atoms with Gasteiger partial charge in [-0.2, -0.15) is 0 Å². The molecule has 0 aliphatic heterocycles. The Morgan fingerprint density at radius 3 is 2.57 bits per heavy atom. The summed E-state index contributed by atoms with van der Waals surface area (Å²) in [5, 5.41) is 10.1. The SMILES string of the molecule is Cc1c(C(=O)N(CC(=O)O)C(C)C)oc2c(Cl)cccc12. The first kappa shape index (κ1) is 15.4. The highest BCUT2D eigenvalue weighted by Gasteiger charge is 2.27. The number of fused-ring (bicyclic) bond motifs is 1. The van der Waals surface area contributed by atoms with Crippen LogP contribution in [0.2, 0.25) is 5.02 Å². The lowest BCUT2D eigenvalue weighted by atomic mass is 10.1. The smallest absolute Gasteiger partial charge is 0.323 e. The number of carboxylic acid groups (broad SMARTS) is 1. The lowest BCUT2D eigenvalue weighted by Crippen LogP contribution is -2.40. The summed E-state index contributed by atoms with van der Waals surface area (Å²) in [5.74, 6) is -1.38. The topological polar surface area (TPSA) is 70.8 Å². The van der Waals surface area contributed by atoms with Crippen molar-refractivity contribution < 1.29 is 19.1 Å². The number of hydrogen-bond acceptors (Lipinski definition) is 3. The van der Waals surface area contributed by atoms with Crippen molar-refractivity contribution in [2.24, 2.45) is 0 Å². The van der Waals surface area contributed by atoms with Crippen LogP contribution < -0.4 is 0 Å². The minimum absolute atomic E-state index is 0.132. The minimum atomic E-state index is -1.07. The molecule has 2 rings (SSSR count). The molecule has 1 N–H and O–H groups in total. The summed E-state index contributed by atoms with van der Waals surface area (Å²) in [4.78, 5) is 24.7. The molecule has 112 valence electrons. The van der Waals surface area contributed by atoms with Crippen molar-refractivity contribution in [3.8, 4) is 0 Å². The first-order chi connectivity index (χ1) is 9.82. The van der Waals surface area contributed by atoms with Crippen LogP contribution in [-0.2, 0) is 4.79 Å². The van der Waals surface area contributed by atoms with Crippen LogP contribution in [-0.4, -0.2) is 34.5 Å². The van der Waals surface area contributed by atoms with Crippen LogP contribution in [0.3, 0.4) is 0 Å². The zero-order valence-electron chi connectivity index (χ0n) is 12.0. The molecule has 0 fully saturated rings. The zero-order chi connectivity index (χ0) is 15.7. The van der Waals surface area contributed by atoms with Crippen LogP contribution in [0, 0.1) is 6.92 Å². The fraction of sp³-hybridized carbons (Fsp3) is 0.333. The van der Waals surface area contributed by atoms with Gasteiger partial charge >= 0.3 is 5.97 Å². The molecule has 0 atom stereocenters. The van der Waals surface area contributed by atoms with Gasteiger partial charge in [0.25, 0.3) is 5.91 Å². The normalized spacial score (nSPS) is 11.1. The van der Waals surface area contributed by atoms with E-state index in [1.54, 1.807) is 32.9 Å². The monoisotopic (exact) mass is 309 g/mol. The fourth-order valence-corrected chi connectivity index (χ4v) is 2.39. The third kappa shape index (κ3) is 2.88. The Labute approximate surface area is 127 Å². The molecule has 0 spiro atoms. The number of rotatable bonds is 4. The Morgan fingerprint density at radius 1 is 1.38 bits per heavy atom. The molecule has 6 heteroatoms. The van der Waals surface area contributed by atoms with Crippen molar-refractivity contribution in [1.29, 1.82) is 0 Å². The van der Waals surface area contributed by atoms with E-state index in [1.165, 1.54) is 4.90 Å². The molecule has 0 aliphatic carbocycles. The molecule has 1 heterocycles. The van der Waals surface area contributed by atoms with E-state index >= 15 is 0 Å². The van der Waals surface area contributed by atoms with Crippen molar-refractivity contribution in [3.05, 3.63) is 34.5 Å². The summed E-state index contributed by atoms with van der Waals surface area (Å²) in [6.07, 6.45) is 0. The fourth-order valence-electron chi connectivity index (χ4n) is 2.18. The maximum absolute atomic E-state index is 12.5. The van der Waals surface area contributed by atoms with Crippen LogP contribution in [0.1, 0.15) is 30.0 Å². The molecule has 21 heavy (non-hydrogen) atoms. The molecule has 0 aliphatic rings. The van der Waals surface area contributed by atoms with Gasteiger partial charge in [-0.15, -0.1) is 0 Å². The second-order valence-corrected chi connectivity index (χ2v) is 5.50. The van der Waals surface area contributed by atoms with Gasteiger partial charge in [0.15, 0.2) is 11.3 Å². The molecule has 0 radical (unpaired) electrons. The number of nitrogens with zero attached hydrogens (tertiary/aromatic N) is 1. The number of halogens is 1. The van der Waals surface area contributed by atoms with Gasteiger partial charge in [-0.3, -0.25) is 9.59 Å². The molecule has 0 unspecified atom stereocenters. The van der Waals surface area contributed by atoms with Gasteiger partial charge in [0.05, 0.1) is 5.02 Å². The van der Waals surface area contributed by atoms with Gasteiger partial charge in [0.2, 0.25) is 0 Å². The highest BCUT2D eigenvalue weighted by Crippen LogP contribution is 2.31. The van der Waals surface area contributed by atoms with Gasteiger partial charge in [-0.05, 0) is 26.8 Å². The van der Waals surface area contributed by atoms with E-state index in [4.69, 9.17) is 21.1 Å². The molecule has 5 nitrogen and oxygen atoms in total. The van der Waals surface area contributed by atoms with E-state index < -0.39 is 11.9 Å². The molecule has 0 saturated heterocycles. The average molecular weight is 310 g/mol. The second kappa shape index (κ2) is 5.77. The highest BCUT2D eigenvalue weighted by atomic mass is 35.5. The molecule has 1 aromatic heterocycles. The Balaban J connectivity index is 2.49. The summed E-state index contributed by atoms with van der Waals surface area (Å²) in [6.45, 7) is 4.90. The summed E-state index contributed by atoms with van der Waals surface area (Å²) in [5.41, 5.74) is 1.10. The van der Waals surface area contributed by atoms with Gasteiger partial charge < -0.3 is 14.4 Å².